The molecule has 1 N–H and O–H groups in total. The molecule has 0 spiro atoms. The van der Waals surface area contributed by atoms with Crippen molar-refractivity contribution in [1.82, 2.24) is 20.2 Å². The molecule has 2 aromatic heterocycles. The number of hydrogen-bond acceptors (Lipinski definition) is 7. The Bertz CT molecular complexity index is 839. The average molecular weight is 373 g/mol. The van der Waals surface area contributed by atoms with Crippen molar-refractivity contribution in [3.05, 3.63) is 35.7 Å². The predicted octanol–water partition coefficient (Wildman–Crippen LogP) is 2.84. The van der Waals surface area contributed by atoms with Gasteiger partial charge < -0.3 is 14.8 Å². The summed E-state index contributed by atoms with van der Waals surface area (Å²) in [5, 5.41) is 16.9. The van der Waals surface area contributed by atoms with E-state index in [-0.39, 0.29) is 12.5 Å². The number of tetrazole rings is 1. The minimum atomic E-state index is -0.298. The number of rotatable bonds is 8. The number of aromatic nitrogens is 4. The van der Waals surface area contributed by atoms with E-state index in [2.05, 4.69) is 20.7 Å². The molecule has 9 heteroatoms. The summed E-state index contributed by atoms with van der Waals surface area (Å²) in [6.07, 6.45) is 0. The van der Waals surface area contributed by atoms with Crippen LogP contribution in [0.25, 0.3) is 10.7 Å². The molecular weight excluding hydrogens is 354 g/mol. The molecule has 0 saturated carbocycles. The van der Waals surface area contributed by atoms with E-state index >= 15 is 0 Å². The van der Waals surface area contributed by atoms with E-state index in [1.54, 1.807) is 12.1 Å². The summed E-state index contributed by atoms with van der Waals surface area (Å²) in [5.41, 5.74) is 0.500. The fraction of sp³-hybridized carbons (Fsp3) is 0.294. The monoisotopic (exact) mass is 373 g/mol. The summed E-state index contributed by atoms with van der Waals surface area (Å²) in [5.74, 6) is 1.31. The molecule has 136 valence electrons. The van der Waals surface area contributed by atoms with Gasteiger partial charge in [-0.15, -0.1) is 21.5 Å². The molecule has 3 rings (SSSR count). The Labute approximate surface area is 154 Å². The van der Waals surface area contributed by atoms with Gasteiger partial charge in [-0.1, -0.05) is 12.1 Å². The molecule has 8 nitrogen and oxygen atoms in total. The van der Waals surface area contributed by atoms with E-state index in [1.807, 2.05) is 37.4 Å². The summed E-state index contributed by atoms with van der Waals surface area (Å²) >= 11 is 1.51. The van der Waals surface area contributed by atoms with E-state index in [0.717, 1.165) is 4.88 Å². The quantitative estimate of drug-likeness (QED) is 0.653. The second-order valence-corrected chi connectivity index (χ2v) is 6.11. The van der Waals surface area contributed by atoms with Gasteiger partial charge in [0.05, 0.1) is 18.1 Å². The Hall–Kier alpha value is -2.94. The lowest BCUT2D eigenvalue weighted by atomic mass is 10.2. The molecule has 0 saturated heterocycles. The van der Waals surface area contributed by atoms with E-state index in [1.165, 1.54) is 16.1 Å². The van der Waals surface area contributed by atoms with Gasteiger partial charge in [-0.25, -0.2) is 0 Å². The summed E-state index contributed by atoms with van der Waals surface area (Å²) in [6, 6.07) is 9.19. The average Bonchev–Trinajstić information content (AvgIpc) is 3.29. The number of amides is 1. The van der Waals surface area contributed by atoms with E-state index in [0.29, 0.717) is 36.2 Å². The van der Waals surface area contributed by atoms with Crippen LogP contribution in [0.2, 0.25) is 0 Å². The molecule has 3 aromatic rings. The number of thiophene rings is 1. The van der Waals surface area contributed by atoms with Crippen molar-refractivity contribution in [2.45, 2.75) is 20.4 Å². The standard InChI is InChI=1S/C17H19N5O3S/c1-3-24-12-7-5-8-13(25-4-2)16(12)18-15(23)11-22-20-17(19-21-22)14-9-6-10-26-14/h5-10H,3-4,11H2,1-2H3,(H,18,23). The van der Waals surface area contributed by atoms with Gasteiger partial charge in [0.25, 0.3) is 0 Å². The fourth-order valence-electron chi connectivity index (χ4n) is 2.31. The first kappa shape index (κ1) is 17.9. The molecule has 0 unspecified atom stereocenters. The maximum absolute atomic E-state index is 12.4. The Morgan fingerprint density at radius 2 is 1.88 bits per heavy atom. The number of para-hydroxylation sites is 1. The number of anilines is 1. The van der Waals surface area contributed by atoms with Gasteiger partial charge in [-0.05, 0) is 42.6 Å². The van der Waals surface area contributed by atoms with Gasteiger partial charge in [-0.3, -0.25) is 4.79 Å². The third kappa shape index (κ3) is 4.17. The van der Waals surface area contributed by atoms with Crippen LogP contribution in [-0.4, -0.2) is 39.3 Å². The first-order chi connectivity index (χ1) is 12.7. The number of carbonyl (C=O) groups is 1. The number of carbonyl (C=O) groups excluding carboxylic acids is 1. The number of nitrogens with zero attached hydrogens (tertiary/aromatic N) is 4. The van der Waals surface area contributed by atoms with Crippen molar-refractivity contribution in [3.63, 3.8) is 0 Å². The molecule has 1 amide bonds. The van der Waals surface area contributed by atoms with Crippen molar-refractivity contribution in [3.8, 4) is 22.2 Å². The van der Waals surface area contributed by atoms with Crippen molar-refractivity contribution >= 4 is 22.9 Å². The maximum Gasteiger partial charge on any atom is 0.248 e. The topological polar surface area (TPSA) is 91.2 Å². The Kier molecular flexibility index (Phi) is 5.80. The lowest BCUT2D eigenvalue weighted by Gasteiger charge is -2.15. The van der Waals surface area contributed by atoms with Crippen LogP contribution in [0.5, 0.6) is 11.5 Å². The van der Waals surface area contributed by atoms with Gasteiger partial charge in [0, 0.05) is 0 Å². The summed E-state index contributed by atoms with van der Waals surface area (Å²) in [4.78, 5) is 14.6. The number of benzene rings is 1. The van der Waals surface area contributed by atoms with Crippen LogP contribution >= 0.6 is 11.3 Å². The molecule has 0 aliphatic heterocycles. The Morgan fingerprint density at radius 3 is 2.50 bits per heavy atom. The molecule has 0 aliphatic carbocycles. The highest BCUT2D eigenvalue weighted by Crippen LogP contribution is 2.34. The normalized spacial score (nSPS) is 10.5. The Balaban J connectivity index is 1.73. The SMILES string of the molecule is CCOc1cccc(OCC)c1NC(=O)Cn1nnc(-c2cccs2)n1. The summed E-state index contributed by atoms with van der Waals surface area (Å²) in [6.45, 7) is 4.65. The molecular formula is C17H19N5O3S. The minimum Gasteiger partial charge on any atom is -0.492 e. The maximum atomic E-state index is 12.4. The zero-order chi connectivity index (χ0) is 18.4. The summed E-state index contributed by atoms with van der Waals surface area (Å²) in [7, 11) is 0. The van der Waals surface area contributed by atoms with Crippen molar-refractivity contribution in [1.29, 1.82) is 0 Å². The smallest absolute Gasteiger partial charge is 0.248 e. The Morgan fingerprint density at radius 1 is 1.15 bits per heavy atom. The van der Waals surface area contributed by atoms with E-state index < -0.39 is 0 Å². The summed E-state index contributed by atoms with van der Waals surface area (Å²) < 4.78 is 11.2. The second kappa shape index (κ2) is 8.43. The fourth-order valence-corrected chi connectivity index (χ4v) is 2.96. The molecule has 0 atom stereocenters. The third-order valence-electron chi connectivity index (χ3n) is 3.33. The lowest BCUT2D eigenvalue weighted by Crippen LogP contribution is -2.21. The van der Waals surface area contributed by atoms with Crippen LogP contribution in [0.4, 0.5) is 5.69 Å². The molecule has 0 aliphatic rings. The zero-order valence-electron chi connectivity index (χ0n) is 14.5. The van der Waals surface area contributed by atoms with Crippen LogP contribution < -0.4 is 14.8 Å². The van der Waals surface area contributed by atoms with Crippen LogP contribution in [-0.2, 0) is 11.3 Å². The van der Waals surface area contributed by atoms with Crippen molar-refractivity contribution < 1.29 is 14.3 Å². The van der Waals surface area contributed by atoms with Gasteiger partial charge >= 0.3 is 0 Å². The number of ether oxygens (including phenoxy) is 2. The minimum absolute atomic E-state index is 0.0651. The highest BCUT2D eigenvalue weighted by atomic mass is 32.1. The van der Waals surface area contributed by atoms with Gasteiger partial charge in [0.15, 0.2) is 0 Å². The first-order valence-corrected chi connectivity index (χ1v) is 9.09. The molecule has 0 radical (unpaired) electrons. The van der Waals surface area contributed by atoms with Crippen molar-refractivity contribution in [2.75, 3.05) is 18.5 Å². The zero-order valence-corrected chi connectivity index (χ0v) is 15.3. The van der Waals surface area contributed by atoms with Crippen molar-refractivity contribution in [2.24, 2.45) is 0 Å². The lowest BCUT2D eigenvalue weighted by molar-refractivity contribution is -0.117. The number of nitrogens with one attached hydrogen (secondary N) is 1. The molecule has 0 fully saturated rings. The highest BCUT2D eigenvalue weighted by molar-refractivity contribution is 7.13. The highest BCUT2D eigenvalue weighted by Gasteiger charge is 2.16. The van der Waals surface area contributed by atoms with Crippen LogP contribution in [0.1, 0.15) is 13.8 Å². The first-order valence-electron chi connectivity index (χ1n) is 8.21. The van der Waals surface area contributed by atoms with Crippen LogP contribution in [0.15, 0.2) is 35.7 Å². The van der Waals surface area contributed by atoms with Crippen LogP contribution in [0.3, 0.4) is 0 Å². The van der Waals surface area contributed by atoms with Crippen LogP contribution in [0, 0.1) is 0 Å². The van der Waals surface area contributed by atoms with Gasteiger partial charge in [0.1, 0.15) is 23.7 Å². The predicted molar refractivity (Wildman–Crippen MR) is 98.5 cm³/mol. The molecule has 0 bridgehead atoms. The van der Waals surface area contributed by atoms with Gasteiger partial charge in [-0.2, -0.15) is 4.80 Å². The largest absolute Gasteiger partial charge is 0.492 e. The number of hydrogen-bond donors (Lipinski definition) is 1. The van der Waals surface area contributed by atoms with E-state index in [4.69, 9.17) is 9.47 Å². The second-order valence-electron chi connectivity index (χ2n) is 5.16. The van der Waals surface area contributed by atoms with E-state index in [9.17, 15) is 4.79 Å². The van der Waals surface area contributed by atoms with Gasteiger partial charge in [0.2, 0.25) is 11.7 Å². The third-order valence-corrected chi connectivity index (χ3v) is 4.20. The molecule has 26 heavy (non-hydrogen) atoms. The molecule has 1 aromatic carbocycles. The molecule has 2 heterocycles.